The third-order valence-corrected chi connectivity index (χ3v) is 14.5. The molecule has 14 rings (SSSR count). The van der Waals surface area contributed by atoms with Crippen molar-refractivity contribution in [2.45, 2.75) is 0 Å². The van der Waals surface area contributed by atoms with Gasteiger partial charge in [-0.3, -0.25) is 0 Å². The molecule has 0 aliphatic carbocycles. The number of para-hydroxylation sites is 4. The van der Waals surface area contributed by atoms with Crippen LogP contribution in [0.4, 0.5) is 0 Å². The first kappa shape index (κ1) is 42.9. The van der Waals surface area contributed by atoms with Gasteiger partial charge in [0.15, 0.2) is 5.82 Å². The summed E-state index contributed by atoms with van der Waals surface area (Å²) >= 11 is 0. The fourth-order valence-electron chi connectivity index (χ4n) is 10.8. The Hall–Kier alpha value is -9.90. The normalized spacial score (nSPS) is 11.5. The standard InChI is InChI=1S/C70H44N4/c1-3-15-45(16-4-1)47-27-29-49(30-28-47)55-43-60(50-33-31-48(32-34-50)46-17-5-2-6-18-46)69-61(44-55)68(53-39-35-51(36-40-53)66-56-19-7-11-23-62(56)71-63-24-12-8-20-57(63)66)73-70(74-69)54-41-37-52(38-42-54)67-58-21-9-13-25-64(58)72-65-26-14-10-22-59(65)67/h1-44H. The van der Waals surface area contributed by atoms with Gasteiger partial charge in [-0.15, -0.1) is 0 Å². The van der Waals surface area contributed by atoms with Crippen LogP contribution >= 0.6 is 0 Å². The molecule has 0 N–H and O–H groups in total. The molecule has 11 aromatic carbocycles. The van der Waals surface area contributed by atoms with E-state index in [-0.39, 0.29) is 0 Å². The first-order valence-electron chi connectivity index (χ1n) is 25.1. The van der Waals surface area contributed by atoms with Crippen molar-refractivity contribution in [3.63, 3.8) is 0 Å². The molecule has 0 bridgehead atoms. The molecule has 4 nitrogen and oxygen atoms in total. The molecule has 3 heterocycles. The number of hydrogen-bond acceptors (Lipinski definition) is 4. The van der Waals surface area contributed by atoms with Crippen LogP contribution in [0.2, 0.25) is 0 Å². The van der Waals surface area contributed by atoms with E-state index < -0.39 is 0 Å². The minimum Gasteiger partial charge on any atom is -0.248 e. The average Bonchev–Trinajstić information content (AvgIpc) is 3.48. The smallest absolute Gasteiger partial charge is 0.160 e. The molecule has 14 aromatic rings. The van der Waals surface area contributed by atoms with E-state index in [1.165, 1.54) is 27.8 Å². The molecule has 4 heteroatoms. The summed E-state index contributed by atoms with van der Waals surface area (Å²) in [6.07, 6.45) is 0. The Labute approximate surface area is 428 Å². The Morgan fingerprint density at radius 2 is 0.541 bits per heavy atom. The lowest BCUT2D eigenvalue weighted by Gasteiger charge is -2.17. The Kier molecular flexibility index (Phi) is 10.5. The lowest BCUT2D eigenvalue weighted by atomic mass is 9.91. The summed E-state index contributed by atoms with van der Waals surface area (Å²) in [4.78, 5) is 21.2. The minimum absolute atomic E-state index is 0.654. The topological polar surface area (TPSA) is 51.6 Å². The molecule has 344 valence electrons. The van der Waals surface area contributed by atoms with E-state index >= 15 is 0 Å². The van der Waals surface area contributed by atoms with Gasteiger partial charge in [0.05, 0.1) is 33.3 Å². The van der Waals surface area contributed by atoms with E-state index in [0.29, 0.717) is 5.82 Å². The van der Waals surface area contributed by atoms with Crippen LogP contribution < -0.4 is 0 Å². The lowest BCUT2D eigenvalue weighted by molar-refractivity contribution is 1.23. The molecule has 0 aliphatic heterocycles. The van der Waals surface area contributed by atoms with Crippen LogP contribution in [0, 0.1) is 0 Å². The van der Waals surface area contributed by atoms with Gasteiger partial charge in [0.1, 0.15) is 0 Å². The zero-order valence-electron chi connectivity index (χ0n) is 40.2. The predicted molar refractivity (Wildman–Crippen MR) is 309 cm³/mol. The number of rotatable bonds is 8. The molecular weight excluding hydrogens is 897 g/mol. The molecule has 0 saturated carbocycles. The van der Waals surface area contributed by atoms with Gasteiger partial charge in [0.2, 0.25) is 0 Å². The number of benzene rings is 11. The summed E-state index contributed by atoms with van der Waals surface area (Å²) < 4.78 is 0. The Morgan fingerprint density at radius 3 is 0.986 bits per heavy atom. The SMILES string of the molecule is c1ccc(-c2ccc(-c3cc(-c4ccc(-c5ccccc5)cc4)c4nc(-c5ccc(-c6c7ccccc7nc7ccccc67)cc5)nc(-c5ccc(-c6c7ccccc7nc7ccccc67)cc5)c4c3)cc2)cc1. The monoisotopic (exact) mass is 940 g/mol. The van der Waals surface area contributed by atoms with Crippen LogP contribution in [0.3, 0.4) is 0 Å². The maximum atomic E-state index is 5.59. The van der Waals surface area contributed by atoms with Crippen molar-refractivity contribution < 1.29 is 0 Å². The molecule has 0 unspecified atom stereocenters. The Bertz CT molecular complexity index is 4310. The van der Waals surface area contributed by atoms with Gasteiger partial charge >= 0.3 is 0 Å². The van der Waals surface area contributed by atoms with Crippen molar-refractivity contribution in [2.24, 2.45) is 0 Å². The van der Waals surface area contributed by atoms with Crippen LogP contribution in [-0.2, 0) is 0 Å². The first-order chi connectivity index (χ1) is 36.7. The molecular formula is C70H44N4. The van der Waals surface area contributed by atoms with E-state index in [1.54, 1.807) is 0 Å². The molecule has 0 radical (unpaired) electrons. The van der Waals surface area contributed by atoms with Gasteiger partial charge in [-0.1, -0.05) is 231 Å². The summed E-state index contributed by atoms with van der Waals surface area (Å²) in [5, 5.41) is 5.45. The number of hydrogen-bond donors (Lipinski definition) is 0. The third-order valence-electron chi connectivity index (χ3n) is 14.5. The van der Waals surface area contributed by atoms with E-state index in [2.05, 4.69) is 267 Å². The number of nitrogens with zero attached hydrogens (tertiary/aromatic N) is 4. The summed E-state index contributed by atoms with van der Waals surface area (Å²) in [5.74, 6) is 0.654. The number of pyridine rings is 2. The zero-order chi connectivity index (χ0) is 49.0. The van der Waals surface area contributed by atoms with Crippen molar-refractivity contribution in [3.05, 3.63) is 267 Å². The third kappa shape index (κ3) is 7.65. The fourth-order valence-corrected chi connectivity index (χ4v) is 10.8. The van der Waals surface area contributed by atoms with E-state index in [9.17, 15) is 0 Å². The van der Waals surface area contributed by atoms with Crippen molar-refractivity contribution in [1.82, 2.24) is 19.9 Å². The van der Waals surface area contributed by atoms with Crippen molar-refractivity contribution in [3.8, 4) is 89.4 Å². The highest BCUT2D eigenvalue weighted by Crippen LogP contribution is 2.42. The fraction of sp³-hybridized carbons (Fsp3) is 0. The molecule has 0 fully saturated rings. The highest BCUT2D eigenvalue weighted by molar-refractivity contribution is 6.11. The predicted octanol–water partition coefficient (Wildman–Crippen LogP) is 18.4. The molecule has 0 amide bonds. The van der Waals surface area contributed by atoms with E-state index in [4.69, 9.17) is 19.9 Å². The van der Waals surface area contributed by atoms with Crippen LogP contribution in [0.15, 0.2) is 267 Å². The highest BCUT2D eigenvalue weighted by Gasteiger charge is 2.20. The van der Waals surface area contributed by atoms with Gasteiger partial charge in [-0.05, 0) is 86.5 Å². The van der Waals surface area contributed by atoms with E-state index in [0.717, 1.165) is 110 Å². The summed E-state index contributed by atoms with van der Waals surface area (Å²) in [6.45, 7) is 0. The summed E-state index contributed by atoms with van der Waals surface area (Å²) in [5.41, 5.74) is 21.1. The number of fused-ring (bicyclic) bond motifs is 5. The van der Waals surface area contributed by atoms with Gasteiger partial charge in [-0.2, -0.15) is 0 Å². The van der Waals surface area contributed by atoms with Crippen molar-refractivity contribution in [2.75, 3.05) is 0 Å². The van der Waals surface area contributed by atoms with Crippen LogP contribution in [-0.4, -0.2) is 19.9 Å². The molecule has 0 saturated heterocycles. The van der Waals surface area contributed by atoms with Crippen LogP contribution in [0.1, 0.15) is 0 Å². The second-order valence-corrected chi connectivity index (χ2v) is 18.9. The quantitative estimate of drug-likeness (QED) is 0.142. The summed E-state index contributed by atoms with van der Waals surface area (Å²) in [7, 11) is 0. The molecule has 0 atom stereocenters. The van der Waals surface area contributed by atoms with Crippen LogP contribution in [0.25, 0.3) is 144 Å². The Morgan fingerprint density at radius 1 is 0.203 bits per heavy atom. The largest absolute Gasteiger partial charge is 0.248 e. The van der Waals surface area contributed by atoms with Gasteiger partial charge in [-0.25, -0.2) is 19.9 Å². The van der Waals surface area contributed by atoms with Gasteiger partial charge < -0.3 is 0 Å². The van der Waals surface area contributed by atoms with Crippen molar-refractivity contribution >= 4 is 54.5 Å². The second kappa shape index (κ2) is 18.1. The lowest BCUT2D eigenvalue weighted by Crippen LogP contribution is -1.98. The van der Waals surface area contributed by atoms with Crippen molar-refractivity contribution in [1.29, 1.82) is 0 Å². The van der Waals surface area contributed by atoms with Gasteiger partial charge in [0.25, 0.3) is 0 Å². The highest BCUT2D eigenvalue weighted by atomic mass is 14.9. The van der Waals surface area contributed by atoms with Gasteiger partial charge in [0, 0.05) is 54.7 Å². The molecule has 3 aromatic heterocycles. The number of aromatic nitrogens is 4. The van der Waals surface area contributed by atoms with Crippen LogP contribution in [0.5, 0.6) is 0 Å². The maximum absolute atomic E-state index is 5.59. The summed E-state index contributed by atoms with van der Waals surface area (Å²) in [6, 6.07) is 94.9. The maximum Gasteiger partial charge on any atom is 0.160 e. The first-order valence-corrected chi connectivity index (χ1v) is 25.1. The molecule has 0 aliphatic rings. The zero-order valence-corrected chi connectivity index (χ0v) is 40.2. The Balaban J connectivity index is 0.980. The minimum atomic E-state index is 0.654. The van der Waals surface area contributed by atoms with E-state index in [1.807, 2.05) is 0 Å². The average molecular weight is 941 g/mol. The molecule has 74 heavy (non-hydrogen) atoms. The molecule has 0 spiro atoms. The second-order valence-electron chi connectivity index (χ2n) is 18.9.